The predicted molar refractivity (Wildman–Crippen MR) is 120 cm³/mol. The number of allylic oxidation sites excluding steroid dienone is 3. The van der Waals surface area contributed by atoms with Gasteiger partial charge in [-0.25, -0.2) is 4.79 Å². The summed E-state index contributed by atoms with van der Waals surface area (Å²) >= 11 is 0. The van der Waals surface area contributed by atoms with Crippen LogP contribution in [0.4, 0.5) is 4.79 Å². The molecule has 1 heterocycles. The van der Waals surface area contributed by atoms with Crippen LogP contribution in [-0.2, 0) is 4.74 Å². The van der Waals surface area contributed by atoms with Gasteiger partial charge in [0.15, 0.2) is 0 Å². The molecule has 0 bridgehead atoms. The highest BCUT2D eigenvalue weighted by atomic mass is 16.6. The van der Waals surface area contributed by atoms with E-state index in [4.69, 9.17) is 9.47 Å². The number of ether oxygens (including phenoxy) is 2. The first-order chi connectivity index (χ1) is 15.0. The molecule has 1 aliphatic rings. The molecule has 154 valence electrons. The fourth-order valence-electron chi connectivity index (χ4n) is 3.02. The summed E-state index contributed by atoms with van der Waals surface area (Å²) < 4.78 is 10.3. The van der Waals surface area contributed by atoms with Crippen LogP contribution in [0, 0.1) is 23.2 Å². The molecule has 0 aliphatic carbocycles. The van der Waals surface area contributed by atoms with E-state index in [1.54, 1.807) is 13.2 Å². The molecule has 1 amide bonds. The molecule has 1 atom stereocenters. The van der Waals surface area contributed by atoms with Gasteiger partial charge in [0.2, 0.25) is 0 Å². The number of cyclic esters (lactones) is 1. The minimum Gasteiger partial charge on any atom is -0.497 e. The van der Waals surface area contributed by atoms with Crippen LogP contribution < -0.4 is 10.1 Å². The molecule has 3 rings (SSSR count). The van der Waals surface area contributed by atoms with Gasteiger partial charge in [-0.2, -0.15) is 5.26 Å². The number of hydrogen-bond acceptors (Lipinski definition) is 4. The van der Waals surface area contributed by atoms with Crippen molar-refractivity contribution in [3.8, 4) is 23.7 Å². The minimum atomic E-state index is -0.450. The molecule has 31 heavy (non-hydrogen) atoms. The molecular weight excluding hydrogens is 388 g/mol. The van der Waals surface area contributed by atoms with Gasteiger partial charge in [0.1, 0.15) is 18.4 Å². The highest BCUT2D eigenvalue weighted by molar-refractivity contribution is 5.83. The summed E-state index contributed by atoms with van der Waals surface area (Å²) in [7, 11) is 1.62. The zero-order chi connectivity index (χ0) is 22.2. The summed E-state index contributed by atoms with van der Waals surface area (Å²) in [6.45, 7) is 6.32. The van der Waals surface area contributed by atoms with Crippen LogP contribution in [-0.4, -0.2) is 25.9 Å². The molecule has 1 aliphatic heterocycles. The summed E-state index contributed by atoms with van der Waals surface area (Å²) in [5.41, 5.74) is 4.58. The van der Waals surface area contributed by atoms with Crippen LogP contribution in [0.15, 0.2) is 78.4 Å². The number of nitrogens with one attached hydrogen (secondary N) is 1. The maximum Gasteiger partial charge on any atom is 0.407 e. The molecule has 1 N–H and O–H groups in total. The summed E-state index contributed by atoms with van der Waals surface area (Å²) in [6, 6.07) is 16.7. The number of methoxy groups -OCH3 is 1. The first kappa shape index (κ1) is 21.5. The molecule has 2 aromatic rings. The van der Waals surface area contributed by atoms with E-state index >= 15 is 0 Å². The largest absolute Gasteiger partial charge is 0.497 e. The molecule has 0 saturated carbocycles. The monoisotopic (exact) mass is 410 g/mol. The summed E-state index contributed by atoms with van der Waals surface area (Å²) in [6.07, 6.45) is 3.37. The van der Waals surface area contributed by atoms with Gasteiger partial charge >= 0.3 is 6.09 Å². The van der Waals surface area contributed by atoms with E-state index in [2.05, 4.69) is 29.8 Å². The summed E-state index contributed by atoms with van der Waals surface area (Å²) in [4.78, 5) is 11.5. The zero-order valence-corrected chi connectivity index (χ0v) is 17.4. The van der Waals surface area contributed by atoms with Gasteiger partial charge in [-0.1, -0.05) is 54.8 Å². The number of carbonyl (C=O) groups excluding carboxylic acids is 1. The van der Waals surface area contributed by atoms with E-state index in [1.807, 2.05) is 61.5 Å². The maximum atomic E-state index is 11.5. The predicted octanol–water partition coefficient (Wildman–Crippen LogP) is 4.61. The van der Waals surface area contributed by atoms with Crippen molar-refractivity contribution in [2.75, 3.05) is 13.7 Å². The average Bonchev–Trinajstić information content (AvgIpc) is 3.24. The quantitative estimate of drug-likeness (QED) is 0.577. The third-order valence-corrected chi connectivity index (χ3v) is 4.78. The molecule has 0 radical (unpaired) electrons. The molecule has 5 nitrogen and oxygen atoms in total. The van der Waals surface area contributed by atoms with Crippen LogP contribution >= 0.6 is 0 Å². The molecule has 1 fully saturated rings. The van der Waals surface area contributed by atoms with Crippen molar-refractivity contribution in [3.63, 3.8) is 0 Å². The molecule has 1 unspecified atom stereocenters. The van der Waals surface area contributed by atoms with E-state index in [0.717, 1.165) is 28.0 Å². The van der Waals surface area contributed by atoms with Crippen molar-refractivity contribution >= 4 is 11.7 Å². The van der Waals surface area contributed by atoms with E-state index in [1.165, 1.54) is 0 Å². The average molecular weight is 410 g/mol. The van der Waals surface area contributed by atoms with Gasteiger partial charge in [0.05, 0.1) is 18.7 Å². The number of hydrogen-bond donors (Lipinski definition) is 1. The zero-order valence-electron chi connectivity index (χ0n) is 17.4. The van der Waals surface area contributed by atoms with E-state index < -0.39 is 6.09 Å². The van der Waals surface area contributed by atoms with Gasteiger partial charge in [-0.3, -0.25) is 0 Å². The van der Waals surface area contributed by atoms with Gasteiger partial charge in [-0.05, 0) is 53.5 Å². The molecular formula is C26H22N2O3. The molecule has 1 saturated heterocycles. The van der Waals surface area contributed by atoms with Crippen molar-refractivity contribution in [2.24, 2.45) is 0 Å². The molecule has 0 spiro atoms. The van der Waals surface area contributed by atoms with Crippen molar-refractivity contribution in [1.82, 2.24) is 5.32 Å². The second-order valence-corrected chi connectivity index (χ2v) is 6.89. The number of amides is 1. The lowest BCUT2D eigenvalue weighted by Crippen LogP contribution is -2.28. The second kappa shape index (κ2) is 10.0. The lowest BCUT2D eigenvalue weighted by Gasteiger charge is -2.16. The van der Waals surface area contributed by atoms with Gasteiger partial charge in [0.25, 0.3) is 0 Å². The Bertz CT molecular complexity index is 1160. The van der Waals surface area contributed by atoms with E-state index in [9.17, 15) is 10.1 Å². The lowest BCUT2D eigenvalue weighted by molar-refractivity contribution is 0.177. The van der Waals surface area contributed by atoms with Crippen LogP contribution in [0.25, 0.3) is 5.57 Å². The van der Waals surface area contributed by atoms with Crippen molar-refractivity contribution in [3.05, 3.63) is 95.1 Å². The smallest absolute Gasteiger partial charge is 0.407 e. The normalized spacial score (nSPS) is 15.8. The lowest BCUT2D eigenvalue weighted by atomic mass is 9.93. The number of carbonyl (C=O) groups is 1. The Morgan fingerprint density at radius 3 is 2.52 bits per heavy atom. The van der Waals surface area contributed by atoms with Crippen LogP contribution in [0.5, 0.6) is 5.75 Å². The SMILES string of the molecule is C=C(C(=CC=C(C)C#Cc1ccccc1C#N)c1ccc(OC)cc1)C1COC(=O)N1. The van der Waals surface area contributed by atoms with E-state index in [0.29, 0.717) is 11.1 Å². The summed E-state index contributed by atoms with van der Waals surface area (Å²) in [5.74, 6) is 6.88. The third-order valence-electron chi connectivity index (χ3n) is 4.78. The molecule has 2 aromatic carbocycles. The van der Waals surface area contributed by atoms with Crippen LogP contribution in [0.1, 0.15) is 23.6 Å². The fraction of sp³-hybridized carbons (Fsp3) is 0.154. The Kier molecular flexibility index (Phi) is 6.93. The Morgan fingerprint density at radius 1 is 1.19 bits per heavy atom. The van der Waals surface area contributed by atoms with Gasteiger partial charge in [0, 0.05) is 5.56 Å². The minimum absolute atomic E-state index is 0.235. The van der Waals surface area contributed by atoms with Gasteiger partial charge < -0.3 is 14.8 Å². The van der Waals surface area contributed by atoms with Crippen molar-refractivity contribution in [2.45, 2.75) is 13.0 Å². The molecule has 5 heteroatoms. The highest BCUT2D eigenvalue weighted by Gasteiger charge is 2.26. The van der Waals surface area contributed by atoms with E-state index in [-0.39, 0.29) is 12.6 Å². The Labute approximate surface area is 182 Å². The number of rotatable bonds is 5. The first-order valence-corrected chi connectivity index (χ1v) is 9.68. The fourth-order valence-corrected chi connectivity index (χ4v) is 3.02. The Balaban J connectivity index is 1.92. The number of benzene rings is 2. The second-order valence-electron chi connectivity index (χ2n) is 6.89. The van der Waals surface area contributed by atoms with Crippen molar-refractivity contribution < 1.29 is 14.3 Å². The van der Waals surface area contributed by atoms with Crippen molar-refractivity contribution in [1.29, 1.82) is 5.26 Å². The summed E-state index contributed by atoms with van der Waals surface area (Å²) in [5, 5.41) is 12.0. The third kappa shape index (κ3) is 5.44. The number of alkyl carbamates (subject to hydrolysis) is 1. The Hall–Kier alpha value is -4.22. The number of nitrogens with zero attached hydrogens (tertiary/aromatic N) is 1. The number of nitriles is 1. The first-order valence-electron chi connectivity index (χ1n) is 9.68. The van der Waals surface area contributed by atoms with Gasteiger partial charge in [-0.15, -0.1) is 0 Å². The topological polar surface area (TPSA) is 71.3 Å². The highest BCUT2D eigenvalue weighted by Crippen LogP contribution is 2.28. The standard InChI is InChI=1S/C26H22N2O3/c1-18(8-10-20-6-4-5-7-22(20)16-27)9-15-24(19(2)25-17-31-26(29)28-25)21-11-13-23(30-3)14-12-21/h4-7,9,11-15,25H,2,17H2,1,3H3,(H,28,29). The molecule has 0 aromatic heterocycles. The van der Waals surface area contributed by atoms with Crippen LogP contribution in [0.3, 0.4) is 0 Å². The van der Waals surface area contributed by atoms with Crippen LogP contribution in [0.2, 0.25) is 0 Å². The Morgan fingerprint density at radius 2 is 1.90 bits per heavy atom. The maximum absolute atomic E-state index is 11.5.